The Bertz CT molecular complexity index is 844. The van der Waals surface area contributed by atoms with E-state index < -0.39 is 10.0 Å². The van der Waals surface area contributed by atoms with Gasteiger partial charge in [0, 0.05) is 32.2 Å². The van der Waals surface area contributed by atoms with E-state index in [1.807, 2.05) is 24.8 Å². The molecule has 2 aliphatic carbocycles. The molecule has 0 spiro atoms. The minimum absolute atomic E-state index is 0.0199. The summed E-state index contributed by atoms with van der Waals surface area (Å²) in [5.74, 6) is 0.995. The Kier molecular flexibility index (Phi) is 4.81. The van der Waals surface area contributed by atoms with E-state index in [2.05, 4.69) is 0 Å². The molecule has 3 aliphatic rings. The van der Waals surface area contributed by atoms with Crippen molar-refractivity contribution in [2.45, 2.75) is 44.0 Å². The van der Waals surface area contributed by atoms with Crippen molar-refractivity contribution in [3.05, 3.63) is 29.3 Å². The molecule has 4 rings (SSSR count). The van der Waals surface area contributed by atoms with Gasteiger partial charge in [-0.1, -0.05) is 6.07 Å². The molecule has 1 saturated heterocycles. The standard InChI is InChI=1S/C20H29N3O3S/c1-13-3-6-17(11-14(13)2)27(25,26)23-9-7-22(8-10-23)20(24)18-15-4-5-16(12-15)19(18)21/h3,6,11,15-16,18-19H,4-5,7-10,12,21H2,1-2H3. The fourth-order valence-corrected chi connectivity index (χ4v) is 6.59. The molecule has 2 saturated carbocycles. The molecule has 6 nitrogen and oxygen atoms in total. The van der Waals surface area contributed by atoms with Gasteiger partial charge < -0.3 is 10.6 Å². The number of hydrogen-bond donors (Lipinski definition) is 1. The highest BCUT2D eigenvalue weighted by Crippen LogP contribution is 2.48. The summed E-state index contributed by atoms with van der Waals surface area (Å²) >= 11 is 0. The summed E-state index contributed by atoms with van der Waals surface area (Å²) in [5, 5.41) is 0. The van der Waals surface area contributed by atoms with Crippen LogP contribution in [-0.2, 0) is 14.8 Å². The Morgan fingerprint density at radius 3 is 2.30 bits per heavy atom. The maximum atomic E-state index is 13.0. The summed E-state index contributed by atoms with van der Waals surface area (Å²) in [6.45, 7) is 5.47. The third-order valence-electron chi connectivity index (χ3n) is 6.93. The van der Waals surface area contributed by atoms with Gasteiger partial charge in [-0.3, -0.25) is 4.79 Å². The zero-order valence-electron chi connectivity index (χ0n) is 16.1. The number of nitrogens with zero attached hydrogens (tertiary/aromatic N) is 2. The first-order valence-corrected chi connectivity index (χ1v) is 11.3. The van der Waals surface area contributed by atoms with Gasteiger partial charge in [-0.2, -0.15) is 4.31 Å². The van der Waals surface area contributed by atoms with Crippen LogP contribution in [0.15, 0.2) is 23.1 Å². The lowest BCUT2D eigenvalue weighted by Crippen LogP contribution is -2.54. The van der Waals surface area contributed by atoms with Gasteiger partial charge in [-0.05, 0) is 68.2 Å². The Morgan fingerprint density at radius 2 is 1.70 bits per heavy atom. The van der Waals surface area contributed by atoms with Crippen molar-refractivity contribution in [3.63, 3.8) is 0 Å². The Morgan fingerprint density at radius 1 is 1.04 bits per heavy atom. The van der Waals surface area contributed by atoms with Crippen molar-refractivity contribution in [3.8, 4) is 0 Å². The average Bonchev–Trinajstić information content (AvgIpc) is 3.24. The lowest BCUT2D eigenvalue weighted by molar-refractivity contribution is -0.139. The van der Waals surface area contributed by atoms with E-state index >= 15 is 0 Å². The van der Waals surface area contributed by atoms with E-state index in [0.717, 1.165) is 30.4 Å². The lowest BCUT2D eigenvalue weighted by Gasteiger charge is -2.38. The van der Waals surface area contributed by atoms with Crippen LogP contribution < -0.4 is 5.73 Å². The van der Waals surface area contributed by atoms with E-state index in [-0.39, 0.29) is 17.9 Å². The molecule has 2 bridgehead atoms. The van der Waals surface area contributed by atoms with Crippen molar-refractivity contribution in [1.82, 2.24) is 9.21 Å². The van der Waals surface area contributed by atoms with Crippen molar-refractivity contribution < 1.29 is 13.2 Å². The number of benzene rings is 1. The Labute approximate surface area is 161 Å². The van der Waals surface area contributed by atoms with Gasteiger partial charge in [0.1, 0.15) is 0 Å². The summed E-state index contributed by atoms with van der Waals surface area (Å²) in [6.07, 6.45) is 3.34. The van der Waals surface area contributed by atoms with Crippen LogP contribution in [0, 0.1) is 31.6 Å². The minimum atomic E-state index is -3.52. The smallest absolute Gasteiger partial charge is 0.243 e. The highest BCUT2D eigenvalue weighted by atomic mass is 32.2. The molecule has 4 unspecified atom stereocenters. The predicted molar refractivity (Wildman–Crippen MR) is 104 cm³/mol. The van der Waals surface area contributed by atoms with Crippen molar-refractivity contribution in [2.75, 3.05) is 26.2 Å². The third kappa shape index (κ3) is 3.19. The molecule has 1 aliphatic heterocycles. The van der Waals surface area contributed by atoms with Crippen LogP contribution in [-0.4, -0.2) is 55.8 Å². The fraction of sp³-hybridized carbons (Fsp3) is 0.650. The number of hydrogen-bond acceptors (Lipinski definition) is 4. The van der Waals surface area contributed by atoms with E-state index in [4.69, 9.17) is 5.73 Å². The van der Waals surface area contributed by atoms with Gasteiger partial charge in [-0.15, -0.1) is 0 Å². The molecule has 27 heavy (non-hydrogen) atoms. The molecule has 0 aromatic heterocycles. The number of fused-ring (bicyclic) bond motifs is 2. The maximum absolute atomic E-state index is 13.0. The number of nitrogens with two attached hydrogens (primary N) is 1. The molecular weight excluding hydrogens is 362 g/mol. The van der Waals surface area contributed by atoms with Gasteiger partial charge in [-0.25, -0.2) is 8.42 Å². The molecule has 1 aromatic carbocycles. The zero-order valence-corrected chi connectivity index (χ0v) is 16.9. The fourth-order valence-electron chi connectivity index (χ4n) is 5.09. The van der Waals surface area contributed by atoms with Crippen molar-refractivity contribution in [2.24, 2.45) is 23.5 Å². The van der Waals surface area contributed by atoms with Crippen molar-refractivity contribution >= 4 is 15.9 Å². The van der Waals surface area contributed by atoms with Crippen LogP contribution in [0.3, 0.4) is 0 Å². The molecule has 2 N–H and O–H groups in total. The average molecular weight is 392 g/mol. The van der Waals surface area contributed by atoms with Crippen LogP contribution >= 0.6 is 0 Å². The number of carbonyl (C=O) groups excluding carboxylic acids is 1. The molecule has 1 aromatic rings. The van der Waals surface area contributed by atoms with Crippen LogP contribution in [0.1, 0.15) is 30.4 Å². The highest BCUT2D eigenvalue weighted by Gasteiger charge is 2.50. The summed E-state index contributed by atoms with van der Waals surface area (Å²) in [7, 11) is -3.52. The van der Waals surface area contributed by atoms with Crippen molar-refractivity contribution in [1.29, 1.82) is 0 Å². The molecule has 3 fully saturated rings. The van der Waals surface area contributed by atoms with Crippen LogP contribution in [0.5, 0.6) is 0 Å². The van der Waals surface area contributed by atoms with E-state index in [9.17, 15) is 13.2 Å². The predicted octanol–water partition coefficient (Wildman–Crippen LogP) is 1.51. The highest BCUT2D eigenvalue weighted by molar-refractivity contribution is 7.89. The normalized spacial score (nSPS) is 31.4. The molecule has 1 amide bonds. The molecular formula is C20H29N3O3S. The second-order valence-corrected chi connectivity index (χ2v) is 10.3. The Hall–Kier alpha value is -1.44. The maximum Gasteiger partial charge on any atom is 0.243 e. The summed E-state index contributed by atoms with van der Waals surface area (Å²) in [6, 6.07) is 5.23. The number of carbonyl (C=O) groups is 1. The second-order valence-electron chi connectivity index (χ2n) is 8.41. The van der Waals surface area contributed by atoms with Crippen LogP contribution in [0.4, 0.5) is 0 Å². The monoisotopic (exact) mass is 391 g/mol. The number of amides is 1. The molecule has 148 valence electrons. The van der Waals surface area contributed by atoms with Crippen LogP contribution in [0.25, 0.3) is 0 Å². The van der Waals surface area contributed by atoms with Crippen LogP contribution in [0.2, 0.25) is 0 Å². The van der Waals surface area contributed by atoms with Gasteiger partial charge in [0.15, 0.2) is 0 Å². The largest absolute Gasteiger partial charge is 0.340 e. The first-order valence-electron chi connectivity index (χ1n) is 9.91. The third-order valence-corrected chi connectivity index (χ3v) is 8.83. The number of aryl methyl sites for hydroxylation is 2. The molecule has 1 heterocycles. The Balaban J connectivity index is 1.42. The number of rotatable bonds is 3. The van der Waals surface area contributed by atoms with Gasteiger partial charge in [0.25, 0.3) is 0 Å². The van der Waals surface area contributed by atoms with Gasteiger partial charge in [0.2, 0.25) is 15.9 Å². The number of sulfonamides is 1. The first-order chi connectivity index (χ1) is 12.8. The molecule has 0 radical (unpaired) electrons. The summed E-state index contributed by atoms with van der Waals surface area (Å²) in [5.41, 5.74) is 8.36. The van der Waals surface area contributed by atoms with E-state index in [1.54, 1.807) is 12.1 Å². The number of piperazine rings is 1. The van der Waals surface area contributed by atoms with E-state index in [1.165, 1.54) is 4.31 Å². The zero-order chi connectivity index (χ0) is 19.3. The second kappa shape index (κ2) is 6.87. The van der Waals surface area contributed by atoms with E-state index in [0.29, 0.717) is 42.9 Å². The first kappa shape index (κ1) is 18.9. The summed E-state index contributed by atoms with van der Waals surface area (Å²) < 4.78 is 27.4. The molecule has 7 heteroatoms. The lowest BCUT2D eigenvalue weighted by atomic mass is 9.84. The molecule has 4 atom stereocenters. The topological polar surface area (TPSA) is 83.7 Å². The van der Waals surface area contributed by atoms with Gasteiger partial charge >= 0.3 is 0 Å². The SMILES string of the molecule is Cc1ccc(S(=O)(=O)N2CCN(C(=O)C3C4CCC(C4)C3N)CC2)cc1C. The minimum Gasteiger partial charge on any atom is -0.340 e. The summed E-state index contributed by atoms with van der Waals surface area (Å²) in [4.78, 5) is 15.2. The van der Waals surface area contributed by atoms with Gasteiger partial charge in [0.05, 0.1) is 10.8 Å². The quantitative estimate of drug-likeness (QED) is 0.847.